The highest BCUT2D eigenvalue weighted by Crippen LogP contribution is 2.36. The van der Waals surface area contributed by atoms with Gasteiger partial charge in [0.15, 0.2) is 10.3 Å². The van der Waals surface area contributed by atoms with E-state index in [0.29, 0.717) is 5.56 Å². The van der Waals surface area contributed by atoms with E-state index in [1.165, 1.54) is 13.8 Å². The molecule has 0 aromatic heterocycles. The van der Waals surface area contributed by atoms with Gasteiger partial charge in [0.1, 0.15) is 37.9 Å². The van der Waals surface area contributed by atoms with Crippen molar-refractivity contribution >= 4 is 34.4 Å². The number of rotatable bonds is 11. The van der Waals surface area contributed by atoms with Crippen LogP contribution in [0.3, 0.4) is 0 Å². The van der Waals surface area contributed by atoms with Gasteiger partial charge < -0.3 is 28.8 Å². The molecule has 0 bridgehead atoms. The molecule has 0 spiro atoms. The fourth-order valence-electron chi connectivity index (χ4n) is 3.91. The fourth-order valence-corrected chi connectivity index (χ4v) is 4.86. The highest BCUT2D eigenvalue weighted by atomic mass is 32.2. The number of carbonyl (C=O) groups is 4. The van der Waals surface area contributed by atoms with Crippen LogP contribution < -0.4 is 5.32 Å². The van der Waals surface area contributed by atoms with Crippen molar-refractivity contribution in [2.75, 3.05) is 6.54 Å². The molecule has 0 aliphatic carbocycles. The first-order valence-electron chi connectivity index (χ1n) is 11.8. The van der Waals surface area contributed by atoms with E-state index in [4.69, 9.17) is 18.9 Å². The average molecular weight is 564 g/mol. The lowest BCUT2D eigenvalue weighted by molar-refractivity contribution is -0.161. The summed E-state index contributed by atoms with van der Waals surface area (Å²) in [5, 5.41) is 2.15. The maximum atomic E-state index is 12.5. The predicted molar refractivity (Wildman–Crippen MR) is 131 cm³/mol. The summed E-state index contributed by atoms with van der Waals surface area (Å²) in [6.45, 7) is 1.88. The van der Waals surface area contributed by atoms with Crippen LogP contribution in [-0.4, -0.2) is 66.2 Å². The van der Waals surface area contributed by atoms with Gasteiger partial charge in [-0.1, -0.05) is 60.7 Å². The molecule has 39 heavy (non-hydrogen) atoms. The Bertz CT molecular complexity index is 1270. The molecule has 210 valence electrons. The molecular formula is C25H27N2O11S-. The molecule has 2 aromatic rings. The monoisotopic (exact) mass is 563 g/mol. The summed E-state index contributed by atoms with van der Waals surface area (Å²) in [5.41, 5.74) is 1.42. The Kier molecular flexibility index (Phi) is 9.84. The van der Waals surface area contributed by atoms with Crippen molar-refractivity contribution < 1.29 is 51.1 Å². The van der Waals surface area contributed by atoms with Crippen LogP contribution in [-0.2, 0) is 52.1 Å². The number of nitrogens with one attached hydrogen (secondary N) is 1. The summed E-state index contributed by atoms with van der Waals surface area (Å²) >= 11 is 0. The lowest BCUT2D eigenvalue weighted by Gasteiger charge is -2.50. The number of nitrogens with zero attached hydrogens (tertiary/aromatic N) is 1. The first kappa shape index (κ1) is 29.4. The van der Waals surface area contributed by atoms with E-state index in [1.807, 2.05) is 0 Å². The summed E-state index contributed by atoms with van der Waals surface area (Å²) in [5.74, 6) is -3.21. The Balaban J connectivity index is 1.54. The molecule has 2 amide bonds. The topological polar surface area (TPSA) is 178 Å². The van der Waals surface area contributed by atoms with E-state index >= 15 is 0 Å². The number of hydrogen-bond acceptors (Lipinski definition) is 11. The number of amides is 2. The van der Waals surface area contributed by atoms with Crippen LogP contribution >= 0.6 is 0 Å². The number of benzene rings is 2. The van der Waals surface area contributed by atoms with Gasteiger partial charge in [0.25, 0.3) is 0 Å². The van der Waals surface area contributed by atoms with Gasteiger partial charge in [0.2, 0.25) is 5.91 Å². The SMILES string of the molecule is C[C@H](OC(=O)NCC(=O)OCc1ccccc1)[C@@H]1[C@@H]([C@@H](C)OC(=O)OCc2ccccc2)C(=O)N1S(=O)(=O)[O-]. The highest BCUT2D eigenvalue weighted by Gasteiger charge is 2.57. The molecule has 0 unspecified atom stereocenters. The number of β-lactam (4-membered cyclic amide) rings is 1. The average Bonchev–Trinajstić information content (AvgIpc) is 2.88. The van der Waals surface area contributed by atoms with Gasteiger partial charge in [-0.25, -0.2) is 22.3 Å². The van der Waals surface area contributed by atoms with Crippen molar-refractivity contribution in [2.24, 2.45) is 5.92 Å². The van der Waals surface area contributed by atoms with Crippen molar-refractivity contribution in [3.63, 3.8) is 0 Å². The second-order valence-electron chi connectivity index (χ2n) is 8.57. The molecule has 3 rings (SSSR count). The summed E-state index contributed by atoms with van der Waals surface area (Å²) in [6, 6.07) is 16.1. The van der Waals surface area contributed by atoms with Crippen LogP contribution in [0.25, 0.3) is 0 Å². The Morgan fingerprint density at radius 3 is 1.97 bits per heavy atom. The quantitative estimate of drug-likeness (QED) is 0.183. The minimum atomic E-state index is -5.27. The van der Waals surface area contributed by atoms with Crippen molar-refractivity contribution in [1.29, 1.82) is 0 Å². The third-order valence-electron chi connectivity index (χ3n) is 5.76. The van der Waals surface area contributed by atoms with E-state index in [-0.39, 0.29) is 17.5 Å². The maximum absolute atomic E-state index is 12.5. The summed E-state index contributed by atoms with van der Waals surface area (Å²) in [4.78, 5) is 48.7. The van der Waals surface area contributed by atoms with Gasteiger partial charge in [-0.05, 0) is 25.0 Å². The Morgan fingerprint density at radius 1 is 0.897 bits per heavy atom. The molecule has 1 aliphatic heterocycles. The summed E-state index contributed by atoms with van der Waals surface area (Å²) in [7, 11) is -5.27. The van der Waals surface area contributed by atoms with Crippen LogP contribution in [0.4, 0.5) is 9.59 Å². The Hall–Kier alpha value is -4.17. The van der Waals surface area contributed by atoms with Gasteiger partial charge in [-0.15, -0.1) is 0 Å². The van der Waals surface area contributed by atoms with E-state index in [2.05, 4.69) is 5.32 Å². The molecule has 2 aromatic carbocycles. The van der Waals surface area contributed by atoms with Gasteiger partial charge in [0.05, 0.1) is 6.04 Å². The van der Waals surface area contributed by atoms with Crippen LogP contribution in [0.1, 0.15) is 25.0 Å². The lowest BCUT2D eigenvalue weighted by atomic mass is 9.83. The van der Waals surface area contributed by atoms with Crippen molar-refractivity contribution in [3.05, 3.63) is 71.8 Å². The fraction of sp³-hybridized carbons (Fsp3) is 0.360. The summed E-state index contributed by atoms with van der Waals surface area (Å²) in [6.07, 6.45) is -4.83. The van der Waals surface area contributed by atoms with Crippen LogP contribution in [0.15, 0.2) is 60.7 Å². The Morgan fingerprint density at radius 2 is 1.44 bits per heavy atom. The second kappa shape index (κ2) is 13.1. The first-order chi connectivity index (χ1) is 18.5. The smallest absolute Gasteiger partial charge is 0.508 e. The Labute approximate surface area is 224 Å². The zero-order valence-electron chi connectivity index (χ0n) is 21.1. The molecule has 1 fully saturated rings. The third kappa shape index (κ3) is 8.15. The molecule has 1 saturated heterocycles. The number of hydrogen-bond donors (Lipinski definition) is 1. The minimum Gasteiger partial charge on any atom is -0.731 e. The van der Waals surface area contributed by atoms with E-state index in [0.717, 1.165) is 5.56 Å². The number of alkyl carbamates (subject to hydrolysis) is 1. The maximum Gasteiger partial charge on any atom is 0.508 e. The van der Waals surface area contributed by atoms with Gasteiger partial charge in [0, 0.05) is 0 Å². The molecular weight excluding hydrogens is 536 g/mol. The molecule has 14 heteroatoms. The molecule has 13 nitrogen and oxygen atoms in total. The van der Waals surface area contributed by atoms with Gasteiger partial charge in [-0.2, -0.15) is 0 Å². The standard InChI is InChI=1S/C25H28N2O11S/c1-16(38-25(31)36-15-19-11-7-4-8-12-19)21-22(27(23(21)29)39(32,33)34)17(2)37-24(30)26-13-20(28)35-14-18-9-5-3-6-10-18/h3-12,16-17,21-22H,13-15H2,1-2H3,(H,26,30)(H,32,33,34)/p-1/t16-,17+,21-,22-/m1/s1. The normalized spacial score (nSPS) is 18.2. The zero-order valence-corrected chi connectivity index (χ0v) is 21.9. The summed E-state index contributed by atoms with van der Waals surface area (Å²) < 4.78 is 55.3. The molecule has 0 saturated carbocycles. The van der Waals surface area contributed by atoms with E-state index in [1.54, 1.807) is 60.7 Å². The number of carbonyl (C=O) groups excluding carboxylic acids is 4. The minimum absolute atomic E-state index is 0.0132. The van der Waals surface area contributed by atoms with Crippen LogP contribution in [0, 0.1) is 5.92 Å². The van der Waals surface area contributed by atoms with Crippen molar-refractivity contribution in [1.82, 2.24) is 9.62 Å². The third-order valence-corrected chi connectivity index (χ3v) is 6.67. The van der Waals surface area contributed by atoms with Crippen molar-refractivity contribution in [2.45, 2.75) is 45.3 Å². The van der Waals surface area contributed by atoms with Crippen molar-refractivity contribution in [3.8, 4) is 0 Å². The predicted octanol–water partition coefficient (Wildman–Crippen LogP) is 1.87. The van der Waals surface area contributed by atoms with E-state index < -0.39 is 65.1 Å². The molecule has 4 atom stereocenters. The second-order valence-corrected chi connectivity index (χ2v) is 9.81. The van der Waals surface area contributed by atoms with Gasteiger partial charge in [-0.3, -0.25) is 9.59 Å². The van der Waals surface area contributed by atoms with Crippen LogP contribution in [0.2, 0.25) is 0 Å². The first-order valence-corrected chi connectivity index (χ1v) is 13.1. The highest BCUT2D eigenvalue weighted by molar-refractivity contribution is 7.84. The van der Waals surface area contributed by atoms with E-state index in [9.17, 15) is 32.1 Å². The van der Waals surface area contributed by atoms with Gasteiger partial charge >= 0.3 is 18.2 Å². The number of ether oxygens (including phenoxy) is 4. The largest absolute Gasteiger partial charge is 0.731 e. The molecule has 0 radical (unpaired) electrons. The van der Waals surface area contributed by atoms with Crippen LogP contribution in [0.5, 0.6) is 0 Å². The number of esters is 1. The lowest BCUT2D eigenvalue weighted by Crippen LogP contribution is -2.70. The molecule has 1 heterocycles. The molecule has 1 N–H and O–H groups in total. The zero-order chi connectivity index (χ0) is 28.6. The molecule has 1 aliphatic rings.